The third-order valence-electron chi connectivity index (χ3n) is 6.28. The van der Waals surface area contributed by atoms with E-state index in [1.807, 2.05) is 6.07 Å². The van der Waals surface area contributed by atoms with Crippen molar-refractivity contribution in [1.29, 1.82) is 0 Å². The lowest BCUT2D eigenvalue weighted by Crippen LogP contribution is -2.60. The fourth-order valence-corrected chi connectivity index (χ4v) is 4.33. The Labute approximate surface area is 226 Å². The van der Waals surface area contributed by atoms with Crippen LogP contribution in [0, 0.1) is 12.3 Å². The van der Waals surface area contributed by atoms with Crippen molar-refractivity contribution in [2.45, 2.75) is 30.6 Å². The third kappa shape index (κ3) is 4.75. The number of nitrogens with zero attached hydrogens (tertiary/aromatic N) is 3. The van der Waals surface area contributed by atoms with Gasteiger partial charge in [0.05, 0.1) is 11.2 Å². The zero-order valence-electron chi connectivity index (χ0n) is 20.1. The van der Waals surface area contributed by atoms with E-state index in [0.717, 1.165) is 15.8 Å². The fraction of sp³-hybridized carbons (Fsp3) is 0.185. The van der Waals surface area contributed by atoms with Crippen LogP contribution in [0.25, 0.3) is 28.1 Å². The van der Waals surface area contributed by atoms with Gasteiger partial charge >= 0.3 is 12.4 Å². The zero-order chi connectivity index (χ0) is 29.7. The lowest BCUT2D eigenvalue weighted by atomic mass is 9.80. The van der Waals surface area contributed by atoms with Crippen molar-refractivity contribution in [3.8, 4) is 46.2 Å². The number of hydrogen-bond donors (Lipinski definition) is 1. The van der Waals surface area contributed by atoms with Crippen LogP contribution in [-0.4, -0.2) is 38.1 Å². The molecule has 4 rings (SSSR count). The Morgan fingerprint density at radius 2 is 1.48 bits per heavy atom. The van der Waals surface area contributed by atoms with E-state index in [1.54, 1.807) is 42.5 Å². The van der Waals surface area contributed by atoms with Crippen molar-refractivity contribution in [2.75, 3.05) is 0 Å². The van der Waals surface area contributed by atoms with Gasteiger partial charge in [-0.2, -0.15) is 26.3 Å². The summed E-state index contributed by atoms with van der Waals surface area (Å²) in [7, 11) is 0. The molecule has 0 aliphatic carbocycles. The molecule has 0 saturated carbocycles. The van der Waals surface area contributed by atoms with Crippen molar-refractivity contribution in [3.63, 3.8) is 0 Å². The summed E-state index contributed by atoms with van der Waals surface area (Å²) in [6, 6.07) is 14.2. The van der Waals surface area contributed by atoms with Gasteiger partial charge in [-0.3, -0.25) is 0 Å². The maximum Gasteiger partial charge on any atom is 0.430 e. The molecular formula is C27H16ClF8N3O. The number of phenolic OH excluding ortho intramolecular Hbond substituents is 1. The molecule has 0 bridgehead atoms. The van der Waals surface area contributed by atoms with Gasteiger partial charge in [0.1, 0.15) is 17.1 Å². The molecule has 0 spiro atoms. The van der Waals surface area contributed by atoms with Crippen LogP contribution in [-0.2, 0) is 5.67 Å². The molecule has 208 valence electrons. The summed E-state index contributed by atoms with van der Waals surface area (Å²) in [5.74, 6) is 1.30. The van der Waals surface area contributed by atoms with E-state index in [-0.39, 0.29) is 17.8 Å². The molecule has 2 atom stereocenters. The minimum atomic E-state index is -6.38. The Bertz CT molecular complexity index is 1580. The first-order chi connectivity index (χ1) is 18.5. The van der Waals surface area contributed by atoms with Gasteiger partial charge < -0.3 is 5.11 Å². The van der Waals surface area contributed by atoms with Gasteiger partial charge in [0.25, 0.3) is 5.67 Å². The van der Waals surface area contributed by atoms with Crippen LogP contribution in [0.5, 0.6) is 5.75 Å². The predicted octanol–water partition coefficient (Wildman–Crippen LogP) is 7.96. The fourth-order valence-electron chi connectivity index (χ4n) is 4.03. The normalized spacial score (nSPS) is 15.2. The van der Waals surface area contributed by atoms with Crippen LogP contribution in [0.1, 0.15) is 18.1 Å². The second-order valence-corrected chi connectivity index (χ2v) is 9.24. The summed E-state index contributed by atoms with van der Waals surface area (Å²) >= 11 is 5.97. The van der Waals surface area contributed by atoms with E-state index in [0.29, 0.717) is 11.1 Å². The monoisotopic (exact) mass is 585 g/mol. The van der Waals surface area contributed by atoms with E-state index in [1.165, 1.54) is 6.20 Å². The Morgan fingerprint density at radius 3 is 2.02 bits per heavy atom. The molecule has 0 fully saturated rings. The summed E-state index contributed by atoms with van der Waals surface area (Å²) < 4.78 is 111. The molecule has 40 heavy (non-hydrogen) atoms. The van der Waals surface area contributed by atoms with Crippen LogP contribution in [0.3, 0.4) is 0 Å². The van der Waals surface area contributed by atoms with Gasteiger partial charge in [-0.05, 0) is 48.4 Å². The number of terminal acetylenes is 1. The quantitative estimate of drug-likeness (QED) is 0.191. The number of phenols is 1. The third-order valence-corrected chi connectivity index (χ3v) is 6.56. The highest BCUT2D eigenvalue weighted by molar-refractivity contribution is 6.32. The average Bonchev–Trinajstić information content (AvgIpc) is 3.36. The molecule has 2 unspecified atom stereocenters. The molecule has 1 aromatic heterocycles. The number of benzene rings is 3. The van der Waals surface area contributed by atoms with E-state index in [2.05, 4.69) is 16.2 Å². The summed E-state index contributed by atoms with van der Waals surface area (Å²) in [4.78, 5) is 0. The van der Waals surface area contributed by atoms with Gasteiger partial charge in [0, 0.05) is 16.7 Å². The minimum absolute atomic E-state index is 0.0140. The van der Waals surface area contributed by atoms with Crippen LogP contribution in [0.2, 0.25) is 5.02 Å². The molecule has 13 heteroatoms. The molecular weight excluding hydrogens is 570 g/mol. The Hall–Kier alpha value is -4.11. The SMILES string of the molecule is C#Cc1ccc(-c2cccc(-c3cn(-c4c(O)cc(C(F)(C(F)(F)F)C(C)(F)C(F)(F)F)cc4Cl)nn3)c2)cc1. The van der Waals surface area contributed by atoms with E-state index in [4.69, 9.17) is 18.0 Å². The van der Waals surface area contributed by atoms with Crippen LogP contribution >= 0.6 is 11.6 Å². The first-order valence-corrected chi connectivity index (χ1v) is 11.5. The van der Waals surface area contributed by atoms with E-state index in [9.17, 15) is 35.8 Å². The van der Waals surface area contributed by atoms with Gasteiger partial charge in [-0.1, -0.05) is 53.1 Å². The van der Waals surface area contributed by atoms with Gasteiger partial charge in [-0.15, -0.1) is 11.5 Å². The van der Waals surface area contributed by atoms with Crippen molar-refractivity contribution in [1.82, 2.24) is 15.0 Å². The maximum atomic E-state index is 15.2. The smallest absolute Gasteiger partial charge is 0.430 e. The predicted molar refractivity (Wildman–Crippen MR) is 131 cm³/mol. The lowest BCUT2D eigenvalue weighted by Gasteiger charge is -2.39. The summed E-state index contributed by atoms with van der Waals surface area (Å²) in [6.07, 6.45) is -6.05. The average molecular weight is 586 g/mol. The molecule has 0 saturated heterocycles. The highest BCUT2D eigenvalue weighted by atomic mass is 35.5. The first-order valence-electron chi connectivity index (χ1n) is 11.2. The van der Waals surface area contributed by atoms with Crippen molar-refractivity contribution in [3.05, 3.63) is 83.0 Å². The number of rotatable bonds is 5. The van der Waals surface area contributed by atoms with Crippen LogP contribution < -0.4 is 0 Å². The number of alkyl halides is 8. The first kappa shape index (κ1) is 28.9. The molecule has 1 N–H and O–H groups in total. The highest BCUT2D eigenvalue weighted by Crippen LogP contribution is 2.58. The molecule has 0 aliphatic rings. The Kier molecular flexibility index (Phi) is 7.09. The van der Waals surface area contributed by atoms with E-state index >= 15 is 4.39 Å². The number of halogens is 9. The number of hydrogen-bond acceptors (Lipinski definition) is 3. The Balaban J connectivity index is 1.75. The van der Waals surface area contributed by atoms with Crippen molar-refractivity contribution in [2.24, 2.45) is 0 Å². The standard InChI is InChI=1S/C27H16ClF8N3O/c1-3-15-7-9-16(10-8-15)17-5-4-6-18(11-17)21-14-39(38-37-21)23-20(28)12-19(13-22(23)40)25(30,27(34,35)36)24(2,29)26(31,32)33/h1,4-14,40H,2H3. The van der Waals surface area contributed by atoms with Gasteiger partial charge in [0.15, 0.2) is 0 Å². The van der Waals surface area contributed by atoms with Crippen LogP contribution in [0.15, 0.2) is 66.9 Å². The lowest BCUT2D eigenvalue weighted by molar-refractivity contribution is -0.343. The highest BCUT2D eigenvalue weighted by Gasteiger charge is 2.77. The van der Waals surface area contributed by atoms with E-state index < -0.39 is 52.6 Å². The summed E-state index contributed by atoms with van der Waals surface area (Å²) in [5.41, 5.74) is -10.4. The molecule has 1 heterocycles. The Morgan fingerprint density at radius 1 is 0.850 bits per heavy atom. The van der Waals surface area contributed by atoms with Crippen molar-refractivity contribution < 1.29 is 40.2 Å². The molecule has 0 amide bonds. The molecule has 0 radical (unpaired) electrons. The molecule has 4 nitrogen and oxygen atoms in total. The topological polar surface area (TPSA) is 50.9 Å². The number of aromatic nitrogens is 3. The zero-order valence-corrected chi connectivity index (χ0v) is 20.9. The van der Waals surface area contributed by atoms with Crippen molar-refractivity contribution >= 4 is 11.6 Å². The largest absolute Gasteiger partial charge is 0.506 e. The summed E-state index contributed by atoms with van der Waals surface area (Å²) in [6.45, 7) is -0.583. The second-order valence-electron chi connectivity index (χ2n) is 8.83. The van der Waals surface area contributed by atoms with Gasteiger partial charge in [-0.25, -0.2) is 13.5 Å². The molecule has 3 aromatic carbocycles. The number of aromatic hydroxyl groups is 1. The molecule has 0 aliphatic heterocycles. The minimum Gasteiger partial charge on any atom is -0.506 e. The maximum absolute atomic E-state index is 15.2. The summed E-state index contributed by atoms with van der Waals surface area (Å²) in [5, 5.41) is 17.3. The van der Waals surface area contributed by atoms with Gasteiger partial charge in [0.2, 0.25) is 5.67 Å². The second kappa shape index (κ2) is 9.82. The molecule has 4 aromatic rings. The van der Waals surface area contributed by atoms with Crippen LogP contribution in [0.4, 0.5) is 35.1 Å².